The normalized spacial score (nSPS) is 16.6. The van der Waals surface area contributed by atoms with E-state index < -0.39 is 22.1 Å². The van der Waals surface area contributed by atoms with Gasteiger partial charge in [-0.2, -0.15) is 0 Å². The molecule has 1 fully saturated rings. The van der Waals surface area contributed by atoms with Crippen LogP contribution in [0.1, 0.15) is 89.2 Å². The van der Waals surface area contributed by atoms with Crippen molar-refractivity contribution in [2.75, 3.05) is 17.1 Å². The van der Waals surface area contributed by atoms with E-state index in [4.69, 9.17) is 5.11 Å². The lowest BCUT2D eigenvalue weighted by Crippen LogP contribution is -2.36. The van der Waals surface area contributed by atoms with Gasteiger partial charge in [-0.15, -0.1) is 0 Å². The third-order valence-electron chi connectivity index (χ3n) is 6.33. The first-order valence-corrected chi connectivity index (χ1v) is 13.0. The molecule has 0 aromatic heterocycles. The van der Waals surface area contributed by atoms with E-state index in [1.54, 1.807) is 12.1 Å². The highest BCUT2D eigenvalue weighted by atomic mass is 32.2. The SMILES string of the molecule is CCCC1(C(O)c2ccc(N(CCCCCCCC(=O)O)S(C)(=O)=O)cc2)CCC1. The van der Waals surface area contributed by atoms with Gasteiger partial charge in [-0.1, -0.05) is 51.2 Å². The fraction of sp³-hybridized carbons (Fsp3) is 0.696. The van der Waals surface area contributed by atoms with Gasteiger partial charge in [0, 0.05) is 18.4 Å². The maximum atomic E-state index is 12.3. The second-order valence-corrected chi connectivity index (χ2v) is 10.6. The average molecular weight is 440 g/mol. The van der Waals surface area contributed by atoms with Crippen LogP contribution in [0.15, 0.2) is 24.3 Å². The number of sulfonamides is 1. The molecule has 170 valence electrons. The molecular formula is C23H37NO5S. The van der Waals surface area contributed by atoms with Crippen molar-refractivity contribution in [3.63, 3.8) is 0 Å². The van der Waals surface area contributed by atoms with E-state index in [1.807, 2.05) is 12.1 Å². The molecule has 1 aliphatic carbocycles. The van der Waals surface area contributed by atoms with Crippen molar-refractivity contribution in [1.29, 1.82) is 0 Å². The highest BCUT2D eigenvalue weighted by molar-refractivity contribution is 7.92. The summed E-state index contributed by atoms with van der Waals surface area (Å²) in [6.07, 6.45) is 10.2. The van der Waals surface area contributed by atoms with Crippen molar-refractivity contribution in [3.8, 4) is 0 Å². The van der Waals surface area contributed by atoms with Crippen LogP contribution in [0.4, 0.5) is 5.69 Å². The average Bonchev–Trinajstić information content (AvgIpc) is 2.65. The molecule has 0 spiro atoms. The molecular weight excluding hydrogens is 402 g/mol. The van der Waals surface area contributed by atoms with Crippen LogP contribution in [0, 0.1) is 5.41 Å². The van der Waals surface area contributed by atoms with E-state index in [9.17, 15) is 18.3 Å². The van der Waals surface area contributed by atoms with Crippen molar-refractivity contribution in [3.05, 3.63) is 29.8 Å². The number of hydrogen-bond donors (Lipinski definition) is 2. The van der Waals surface area contributed by atoms with Crippen LogP contribution < -0.4 is 4.31 Å². The molecule has 0 aliphatic heterocycles. The van der Waals surface area contributed by atoms with Gasteiger partial charge >= 0.3 is 5.97 Å². The Balaban J connectivity index is 1.95. The molecule has 30 heavy (non-hydrogen) atoms. The summed E-state index contributed by atoms with van der Waals surface area (Å²) in [6, 6.07) is 7.31. The minimum Gasteiger partial charge on any atom is -0.481 e. The fourth-order valence-electron chi connectivity index (χ4n) is 4.51. The van der Waals surface area contributed by atoms with Gasteiger partial charge in [0.25, 0.3) is 0 Å². The molecule has 1 atom stereocenters. The van der Waals surface area contributed by atoms with Crippen LogP contribution in [-0.4, -0.2) is 37.4 Å². The van der Waals surface area contributed by atoms with Crippen LogP contribution in [0.5, 0.6) is 0 Å². The second-order valence-electron chi connectivity index (χ2n) is 8.71. The minimum absolute atomic E-state index is 0.0204. The van der Waals surface area contributed by atoms with Gasteiger partial charge in [0.05, 0.1) is 18.0 Å². The summed E-state index contributed by atoms with van der Waals surface area (Å²) >= 11 is 0. The molecule has 2 rings (SSSR count). The van der Waals surface area contributed by atoms with Gasteiger partial charge < -0.3 is 10.2 Å². The molecule has 2 N–H and O–H groups in total. The minimum atomic E-state index is -3.40. The van der Waals surface area contributed by atoms with Crippen molar-refractivity contribution >= 4 is 21.7 Å². The molecule has 0 heterocycles. The monoisotopic (exact) mass is 439 g/mol. The third kappa shape index (κ3) is 6.71. The molecule has 0 radical (unpaired) electrons. The largest absolute Gasteiger partial charge is 0.481 e. The van der Waals surface area contributed by atoms with Crippen molar-refractivity contribution in [2.45, 2.75) is 83.7 Å². The lowest BCUT2D eigenvalue weighted by molar-refractivity contribution is -0.137. The summed E-state index contributed by atoms with van der Waals surface area (Å²) in [6.45, 7) is 2.55. The highest BCUT2D eigenvalue weighted by Gasteiger charge is 2.43. The van der Waals surface area contributed by atoms with Gasteiger partial charge in [-0.05, 0) is 49.8 Å². The fourth-order valence-corrected chi connectivity index (χ4v) is 5.48. The standard InChI is InChI=1S/C23H37NO5S/c1-3-15-23(16-9-17-23)22(27)19-11-13-20(14-12-19)24(30(2,28)29)18-8-6-4-5-7-10-21(25)26/h11-14,22,27H,3-10,15-18H2,1-2H3,(H,25,26). The number of hydrogen-bond acceptors (Lipinski definition) is 4. The number of unbranched alkanes of at least 4 members (excludes halogenated alkanes) is 4. The van der Waals surface area contributed by atoms with Gasteiger partial charge in [0.15, 0.2) is 0 Å². The molecule has 7 heteroatoms. The van der Waals surface area contributed by atoms with E-state index in [-0.39, 0.29) is 11.8 Å². The van der Waals surface area contributed by atoms with Gasteiger partial charge in [0.1, 0.15) is 0 Å². The summed E-state index contributed by atoms with van der Waals surface area (Å²) < 4.78 is 26.0. The van der Waals surface area contributed by atoms with Crippen LogP contribution in [0.2, 0.25) is 0 Å². The Morgan fingerprint density at radius 2 is 1.70 bits per heavy atom. The maximum absolute atomic E-state index is 12.3. The number of rotatable bonds is 14. The number of benzene rings is 1. The Morgan fingerprint density at radius 1 is 1.10 bits per heavy atom. The van der Waals surface area contributed by atoms with Crippen molar-refractivity contribution in [1.82, 2.24) is 0 Å². The zero-order valence-corrected chi connectivity index (χ0v) is 19.2. The molecule has 1 aliphatic rings. The number of aliphatic hydroxyl groups excluding tert-OH is 1. The number of anilines is 1. The number of nitrogens with zero attached hydrogens (tertiary/aromatic N) is 1. The molecule has 0 amide bonds. The first kappa shape index (κ1) is 24.7. The predicted octanol–water partition coefficient (Wildman–Crippen LogP) is 4.88. The zero-order valence-electron chi connectivity index (χ0n) is 18.3. The van der Waals surface area contributed by atoms with E-state index in [0.29, 0.717) is 18.7 Å². The quantitative estimate of drug-likeness (QED) is 0.403. The smallest absolute Gasteiger partial charge is 0.303 e. The van der Waals surface area contributed by atoms with Crippen LogP contribution in [-0.2, 0) is 14.8 Å². The molecule has 1 saturated carbocycles. The zero-order chi connectivity index (χ0) is 22.2. The lowest BCUT2D eigenvalue weighted by atomic mass is 9.61. The number of carboxylic acids is 1. The van der Waals surface area contributed by atoms with E-state index >= 15 is 0 Å². The maximum Gasteiger partial charge on any atom is 0.303 e. The Morgan fingerprint density at radius 3 is 2.20 bits per heavy atom. The van der Waals surface area contributed by atoms with Gasteiger partial charge in [-0.25, -0.2) is 8.42 Å². The van der Waals surface area contributed by atoms with E-state index in [0.717, 1.165) is 63.4 Å². The van der Waals surface area contributed by atoms with Crippen molar-refractivity contribution < 1.29 is 23.4 Å². The summed E-state index contributed by atoms with van der Waals surface area (Å²) in [5.41, 5.74) is 1.46. The number of aliphatic carboxylic acids is 1. The molecule has 0 saturated heterocycles. The highest BCUT2D eigenvalue weighted by Crippen LogP contribution is 2.53. The van der Waals surface area contributed by atoms with Gasteiger partial charge in [-0.3, -0.25) is 9.10 Å². The molecule has 6 nitrogen and oxygen atoms in total. The Hall–Kier alpha value is -1.60. The molecule has 1 unspecified atom stereocenters. The van der Waals surface area contributed by atoms with Crippen LogP contribution in [0.3, 0.4) is 0 Å². The van der Waals surface area contributed by atoms with Crippen molar-refractivity contribution in [2.24, 2.45) is 5.41 Å². The van der Waals surface area contributed by atoms with Crippen LogP contribution >= 0.6 is 0 Å². The first-order valence-electron chi connectivity index (χ1n) is 11.2. The number of carboxylic acid groups (broad SMARTS) is 1. The summed E-state index contributed by atoms with van der Waals surface area (Å²) in [7, 11) is -3.40. The molecule has 0 bridgehead atoms. The Kier molecular flexibility index (Phi) is 9.16. The Labute approximate surface area is 181 Å². The predicted molar refractivity (Wildman–Crippen MR) is 120 cm³/mol. The van der Waals surface area contributed by atoms with Gasteiger partial charge in [0.2, 0.25) is 10.0 Å². The first-order chi connectivity index (χ1) is 14.2. The third-order valence-corrected chi connectivity index (χ3v) is 7.52. The topological polar surface area (TPSA) is 94.9 Å². The summed E-state index contributed by atoms with van der Waals surface area (Å²) in [5.74, 6) is -0.773. The Bertz CT molecular complexity index is 771. The number of carbonyl (C=O) groups is 1. The molecule has 1 aromatic rings. The lowest BCUT2D eigenvalue weighted by Gasteiger charge is -2.46. The summed E-state index contributed by atoms with van der Waals surface area (Å²) in [4.78, 5) is 10.5. The van der Waals surface area contributed by atoms with E-state index in [2.05, 4.69) is 6.92 Å². The summed E-state index contributed by atoms with van der Waals surface area (Å²) in [5, 5.41) is 19.6. The van der Waals surface area contributed by atoms with E-state index in [1.165, 1.54) is 10.6 Å². The molecule has 1 aromatic carbocycles. The second kappa shape index (κ2) is 11.1. The van der Waals surface area contributed by atoms with Crippen LogP contribution in [0.25, 0.3) is 0 Å². The number of aliphatic hydroxyl groups is 1.